The van der Waals surface area contributed by atoms with E-state index in [9.17, 15) is 13.2 Å². The monoisotopic (exact) mass is 404 g/mol. The molecule has 1 aliphatic heterocycles. The molecule has 0 unspecified atom stereocenters. The summed E-state index contributed by atoms with van der Waals surface area (Å²) in [5.74, 6) is -0.721. The van der Waals surface area contributed by atoms with Gasteiger partial charge < -0.3 is 10.2 Å². The van der Waals surface area contributed by atoms with E-state index >= 15 is 0 Å². The molecule has 154 valence electrons. The van der Waals surface area contributed by atoms with Crippen molar-refractivity contribution in [3.8, 4) is 0 Å². The van der Waals surface area contributed by atoms with Crippen molar-refractivity contribution in [1.29, 1.82) is 0 Å². The van der Waals surface area contributed by atoms with E-state index in [4.69, 9.17) is 0 Å². The summed E-state index contributed by atoms with van der Waals surface area (Å²) in [5, 5.41) is 14.4. The molecule has 1 N–H and O–H groups in total. The fourth-order valence-electron chi connectivity index (χ4n) is 3.76. The highest BCUT2D eigenvalue weighted by atomic mass is 19.4. The average Bonchev–Trinajstić information content (AvgIpc) is 3.15. The van der Waals surface area contributed by atoms with Crippen molar-refractivity contribution < 1.29 is 13.2 Å². The number of piperidine rings is 1. The van der Waals surface area contributed by atoms with Crippen LogP contribution in [0.25, 0.3) is 5.65 Å². The number of hydrogen-bond acceptors (Lipinski definition) is 5. The lowest BCUT2D eigenvalue weighted by Crippen LogP contribution is -2.30. The molecule has 1 aromatic carbocycles. The minimum Gasteiger partial charge on any atom is -0.371 e. The number of nitrogens with one attached hydrogen (secondary N) is 1. The van der Waals surface area contributed by atoms with Crippen molar-refractivity contribution in [3.63, 3.8) is 0 Å². The highest BCUT2D eigenvalue weighted by Gasteiger charge is 2.38. The first-order valence-corrected chi connectivity index (χ1v) is 9.73. The summed E-state index contributed by atoms with van der Waals surface area (Å²) >= 11 is 0. The number of aryl methyl sites for hydroxylation is 1. The highest BCUT2D eigenvalue weighted by molar-refractivity contribution is 5.60. The van der Waals surface area contributed by atoms with Gasteiger partial charge in [-0.2, -0.15) is 17.7 Å². The number of rotatable bonds is 4. The Bertz CT molecular complexity index is 1020. The smallest absolute Gasteiger partial charge is 0.371 e. The molecular formula is C20H23F3N6. The fraction of sp³-hybridized carbons (Fsp3) is 0.450. The van der Waals surface area contributed by atoms with Crippen LogP contribution in [0.2, 0.25) is 0 Å². The Morgan fingerprint density at radius 2 is 1.72 bits per heavy atom. The molecule has 0 spiro atoms. The Labute approximate surface area is 166 Å². The summed E-state index contributed by atoms with van der Waals surface area (Å²) in [4.78, 5) is 2.37. The summed E-state index contributed by atoms with van der Waals surface area (Å²) in [6, 6.07) is 8.12. The number of fused-ring (bicyclic) bond motifs is 1. The van der Waals surface area contributed by atoms with Crippen LogP contribution in [0.1, 0.15) is 41.8 Å². The molecule has 6 nitrogen and oxygen atoms in total. The molecule has 2 aromatic heterocycles. The van der Waals surface area contributed by atoms with Gasteiger partial charge in [0.25, 0.3) is 5.82 Å². The minimum absolute atomic E-state index is 0.120. The van der Waals surface area contributed by atoms with Crippen molar-refractivity contribution in [3.05, 3.63) is 46.8 Å². The van der Waals surface area contributed by atoms with Gasteiger partial charge in [-0.3, -0.25) is 0 Å². The van der Waals surface area contributed by atoms with E-state index < -0.39 is 12.0 Å². The van der Waals surface area contributed by atoms with Crippen molar-refractivity contribution >= 4 is 17.2 Å². The third kappa shape index (κ3) is 3.73. The first kappa shape index (κ1) is 19.5. The molecule has 0 radical (unpaired) electrons. The topological polar surface area (TPSA) is 58.4 Å². The number of benzene rings is 1. The lowest BCUT2D eigenvalue weighted by Gasteiger charge is -2.30. The Balaban J connectivity index is 1.65. The van der Waals surface area contributed by atoms with E-state index in [1.807, 2.05) is 25.1 Å². The van der Waals surface area contributed by atoms with Crippen molar-refractivity contribution in [2.45, 2.75) is 45.8 Å². The molecule has 0 saturated carbocycles. The predicted molar refractivity (Wildman–Crippen MR) is 105 cm³/mol. The van der Waals surface area contributed by atoms with E-state index in [0.29, 0.717) is 17.9 Å². The quantitative estimate of drug-likeness (QED) is 0.700. The standard InChI is InChI=1S/C20H23F3N6/c1-13-14(2)18-25-26-19(20(21,22)23)29(18)27-17(13)24-12-15-8-4-5-9-16(15)28-10-6-3-7-11-28/h4-5,8-9H,3,6-7,10-12H2,1-2H3,(H,24,27). The van der Waals surface area contributed by atoms with Gasteiger partial charge in [-0.15, -0.1) is 15.3 Å². The van der Waals surface area contributed by atoms with Crippen LogP contribution in [0.15, 0.2) is 24.3 Å². The molecule has 9 heteroatoms. The summed E-state index contributed by atoms with van der Waals surface area (Å²) in [5.41, 5.74) is 3.75. The van der Waals surface area contributed by atoms with Crippen molar-refractivity contribution in [1.82, 2.24) is 19.8 Å². The zero-order valence-corrected chi connectivity index (χ0v) is 16.4. The molecular weight excluding hydrogens is 381 g/mol. The zero-order valence-electron chi connectivity index (χ0n) is 16.4. The van der Waals surface area contributed by atoms with Gasteiger partial charge in [-0.05, 0) is 50.3 Å². The Kier molecular flexibility index (Phi) is 5.06. The molecule has 1 aliphatic rings. The third-order valence-electron chi connectivity index (χ3n) is 5.48. The molecule has 1 fully saturated rings. The Morgan fingerprint density at radius 3 is 2.45 bits per heavy atom. The molecule has 1 saturated heterocycles. The van der Waals surface area contributed by atoms with Crippen LogP contribution in [-0.2, 0) is 12.7 Å². The fourth-order valence-corrected chi connectivity index (χ4v) is 3.76. The number of anilines is 2. The second kappa shape index (κ2) is 7.53. The molecule has 0 atom stereocenters. The first-order valence-electron chi connectivity index (χ1n) is 9.73. The van der Waals surface area contributed by atoms with Gasteiger partial charge in [0, 0.05) is 30.9 Å². The maximum absolute atomic E-state index is 13.2. The van der Waals surface area contributed by atoms with Crippen LogP contribution in [0.3, 0.4) is 0 Å². The molecule has 3 heterocycles. The van der Waals surface area contributed by atoms with Crippen LogP contribution < -0.4 is 10.2 Å². The van der Waals surface area contributed by atoms with Crippen LogP contribution in [0.5, 0.6) is 0 Å². The molecule has 0 aliphatic carbocycles. The van der Waals surface area contributed by atoms with Crippen LogP contribution in [-0.4, -0.2) is 32.9 Å². The van der Waals surface area contributed by atoms with Gasteiger partial charge in [-0.1, -0.05) is 18.2 Å². The molecule has 0 bridgehead atoms. The summed E-state index contributed by atoms with van der Waals surface area (Å²) in [7, 11) is 0. The second-order valence-corrected chi connectivity index (χ2v) is 7.39. The molecule has 29 heavy (non-hydrogen) atoms. The summed E-state index contributed by atoms with van der Waals surface area (Å²) in [6.45, 7) is 6.07. The molecule has 4 rings (SSSR count). The third-order valence-corrected chi connectivity index (χ3v) is 5.48. The number of para-hydroxylation sites is 1. The van der Waals surface area contributed by atoms with E-state index in [0.717, 1.165) is 34.4 Å². The van der Waals surface area contributed by atoms with Crippen LogP contribution >= 0.6 is 0 Å². The molecule has 3 aromatic rings. The largest absolute Gasteiger partial charge is 0.453 e. The Morgan fingerprint density at radius 1 is 1.00 bits per heavy atom. The van der Waals surface area contributed by atoms with Gasteiger partial charge in [0.05, 0.1) is 0 Å². The predicted octanol–water partition coefficient (Wildman–Crippen LogP) is 4.36. The van der Waals surface area contributed by atoms with E-state index in [1.165, 1.54) is 19.3 Å². The second-order valence-electron chi connectivity index (χ2n) is 7.39. The SMILES string of the molecule is Cc1c(NCc2ccccc2N2CCCCC2)nn2c(C(F)(F)F)nnc2c1C. The normalized spacial score (nSPS) is 15.1. The van der Waals surface area contributed by atoms with Gasteiger partial charge in [0.1, 0.15) is 0 Å². The van der Waals surface area contributed by atoms with Gasteiger partial charge in [-0.25, -0.2) is 0 Å². The van der Waals surface area contributed by atoms with Crippen molar-refractivity contribution in [2.75, 3.05) is 23.3 Å². The summed E-state index contributed by atoms with van der Waals surface area (Å²) in [6.07, 6.45) is -1.02. The summed E-state index contributed by atoms with van der Waals surface area (Å²) < 4.78 is 40.5. The van der Waals surface area contributed by atoms with Crippen molar-refractivity contribution in [2.24, 2.45) is 0 Å². The number of nitrogens with zero attached hydrogens (tertiary/aromatic N) is 5. The van der Waals surface area contributed by atoms with E-state index in [-0.39, 0.29) is 5.65 Å². The van der Waals surface area contributed by atoms with Crippen LogP contribution in [0, 0.1) is 13.8 Å². The first-order chi connectivity index (χ1) is 13.9. The van der Waals surface area contributed by atoms with Gasteiger partial charge in [0.2, 0.25) is 0 Å². The molecule has 0 amide bonds. The van der Waals surface area contributed by atoms with E-state index in [2.05, 4.69) is 31.6 Å². The maximum Gasteiger partial charge on any atom is 0.453 e. The number of halogens is 3. The number of hydrogen-bond donors (Lipinski definition) is 1. The average molecular weight is 404 g/mol. The highest BCUT2D eigenvalue weighted by Crippen LogP contribution is 2.30. The zero-order chi connectivity index (χ0) is 20.6. The van der Waals surface area contributed by atoms with Gasteiger partial charge >= 0.3 is 6.18 Å². The number of alkyl halides is 3. The minimum atomic E-state index is -4.62. The lowest BCUT2D eigenvalue weighted by molar-refractivity contribution is -0.146. The number of aromatic nitrogens is 4. The van der Waals surface area contributed by atoms with Gasteiger partial charge in [0.15, 0.2) is 11.5 Å². The van der Waals surface area contributed by atoms with Crippen LogP contribution in [0.4, 0.5) is 24.7 Å². The van der Waals surface area contributed by atoms with E-state index in [1.54, 1.807) is 6.92 Å². The maximum atomic E-state index is 13.2. The lowest BCUT2D eigenvalue weighted by atomic mass is 10.1. The Hall–Kier alpha value is -2.84.